The molecular weight excluding hydrogens is 224 g/mol. The molecule has 0 aromatic heterocycles. The Morgan fingerprint density at radius 1 is 1.22 bits per heavy atom. The van der Waals surface area contributed by atoms with Gasteiger partial charge in [0.2, 0.25) is 0 Å². The fourth-order valence-electron chi connectivity index (χ4n) is 2.36. The van der Waals surface area contributed by atoms with E-state index in [9.17, 15) is 4.79 Å². The lowest BCUT2D eigenvalue weighted by molar-refractivity contribution is 0.0941. The first-order chi connectivity index (χ1) is 8.75. The molecule has 0 radical (unpaired) electrons. The summed E-state index contributed by atoms with van der Waals surface area (Å²) in [4.78, 5) is 16.6. The van der Waals surface area contributed by atoms with E-state index in [1.165, 1.54) is 25.9 Å². The van der Waals surface area contributed by atoms with E-state index in [4.69, 9.17) is 0 Å². The highest BCUT2D eigenvalue weighted by atomic mass is 16.1. The summed E-state index contributed by atoms with van der Waals surface area (Å²) in [5.41, 5.74) is 0.811. The number of carbonyl (C=O) groups excluding carboxylic acids is 1. The van der Waals surface area contributed by atoms with Gasteiger partial charge in [-0.15, -0.1) is 0 Å². The third-order valence-electron chi connectivity index (χ3n) is 3.51. The van der Waals surface area contributed by atoms with E-state index in [2.05, 4.69) is 9.80 Å². The van der Waals surface area contributed by atoms with Crippen LogP contribution in [0.15, 0.2) is 30.3 Å². The molecule has 0 atom stereocenters. The first-order valence-electron chi connectivity index (χ1n) is 6.75. The molecule has 0 unspecified atom stereocenters. The second kappa shape index (κ2) is 6.66. The van der Waals surface area contributed by atoms with Crippen LogP contribution in [0.5, 0.6) is 0 Å². The molecule has 1 aromatic rings. The molecule has 3 heteroatoms. The minimum atomic E-state index is 0.208. The number of nitrogens with zero attached hydrogens (tertiary/aromatic N) is 2. The predicted molar refractivity (Wildman–Crippen MR) is 73.9 cm³/mol. The Bertz CT molecular complexity index is 371. The molecular formula is C15H22N2O. The molecule has 0 bridgehead atoms. The van der Waals surface area contributed by atoms with E-state index in [1.54, 1.807) is 0 Å². The van der Waals surface area contributed by atoms with Crippen LogP contribution >= 0.6 is 0 Å². The molecule has 1 heterocycles. The largest absolute Gasteiger partial charge is 0.302 e. The number of Topliss-reactive ketones (excluding diaryl/α,β-unsaturated/α-hetero) is 1. The van der Waals surface area contributed by atoms with Gasteiger partial charge in [-0.3, -0.25) is 9.69 Å². The molecule has 2 rings (SSSR count). The summed E-state index contributed by atoms with van der Waals surface area (Å²) >= 11 is 0. The summed E-state index contributed by atoms with van der Waals surface area (Å²) in [5, 5.41) is 0. The number of hydrogen-bond donors (Lipinski definition) is 0. The Labute approximate surface area is 109 Å². The Morgan fingerprint density at radius 2 is 1.89 bits per heavy atom. The summed E-state index contributed by atoms with van der Waals surface area (Å²) in [5.74, 6) is 0.208. The standard InChI is InChI=1S/C15H22N2O/c1-16(11-12-17-9-5-6-10-17)13-15(18)14-7-3-2-4-8-14/h2-4,7-8H,5-6,9-13H2,1H3. The summed E-state index contributed by atoms with van der Waals surface area (Å²) in [6.45, 7) is 5.01. The monoisotopic (exact) mass is 246 g/mol. The van der Waals surface area contributed by atoms with Crippen LogP contribution in [0.4, 0.5) is 0 Å². The Hall–Kier alpha value is -1.19. The van der Waals surface area contributed by atoms with Crippen molar-refractivity contribution in [1.82, 2.24) is 9.80 Å². The number of hydrogen-bond acceptors (Lipinski definition) is 3. The van der Waals surface area contributed by atoms with Crippen molar-refractivity contribution in [2.24, 2.45) is 0 Å². The van der Waals surface area contributed by atoms with E-state index >= 15 is 0 Å². The quantitative estimate of drug-likeness (QED) is 0.716. The predicted octanol–water partition coefficient (Wildman–Crippen LogP) is 1.90. The van der Waals surface area contributed by atoms with Crippen LogP contribution in [-0.4, -0.2) is 55.4 Å². The van der Waals surface area contributed by atoms with Crippen LogP contribution < -0.4 is 0 Å². The molecule has 18 heavy (non-hydrogen) atoms. The van der Waals surface area contributed by atoms with Crippen LogP contribution in [0.2, 0.25) is 0 Å². The zero-order valence-electron chi connectivity index (χ0n) is 11.1. The zero-order valence-corrected chi connectivity index (χ0v) is 11.1. The highest BCUT2D eigenvalue weighted by Gasteiger charge is 2.13. The van der Waals surface area contributed by atoms with Gasteiger partial charge in [-0.1, -0.05) is 30.3 Å². The van der Waals surface area contributed by atoms with Crippen molar-refractivity contribution in [2.45, 2.75) is 12.8 Å². The molecule has 0 N–H and O–H groups in total. The third-order valence-corrected chi connectivity index (χ3v) is 3.51. The minimum absolute atomic E-state index is 0.208. The van der Waals surface area contributed by atoms with Gasteiger partial charge in [0.25, 0.3) is 0 Å². The van der Waals surface area contributed by atoms with Crippen molar-refractivity contribution in [3.05, 3.63) is 35.9 Å². The highest BCUT2D eigenvalue weighted by Crippen LogP contribution is 2.07. The van der Waals surface area contributed by atoms with Crippen molar-refractivity contribution < 1.29 is 4.79 Å². The summed E-state index contributed by atoms with van der Waals surface area (Å²) in [6.07, 6.45) is 2.65. The summed E-state index contributed by atoms with van der Waals surface area (Å²) in [6, 6.07) is 9.54. The van der Waals surface area contributed by atoms with Gasteiger partial charge in [-0.05, 0) is 33.0 Å². The van der Waals surface area contributed by atoms with E-state index in [-0.39, 0.29) is 5.78 Å². The molecule has 0 spiro atoms. The van der Waals surface area contributed by atoms with Crippen molar-refractivity contribution >= 4 is 5.78 Å². The lowest BCUT2D eigenvalue weighted by atomic mass is 10.1. The lowest BCUT2D eigenvalue weighted by Gasteiger charge is -2.20. The zero-order chi connectivity index (χ0) is 12.8. The molecule has 3 nitrogen and oxygen atoms in total. The molecule has 1 fully saturated rings. The topological polar surface area (TPSA) is 23.6 Å². The first-order valence-corrected chi connectivity index (χ1v) is 6.75. The smallest absolute Gasteiger partial charge is 0.176 e. The number of likely N-dealkylation sites (tertiary alicyclic amines) is 1. The second-order valence-corrected chi connectivity index (χ2v) is 5.08. The average Bonchev–Trinajstić information content (AvgIpc) is 2.90. The van der Waals surface area contributed by atoms with Crippen LogP contribution in [0.1, 0.15) is 23.2 Å². The number of ketones is 1. The van der Waals surface area contributed by atoms with Crippen molar-refractivity contribution in [1.29, 1.82) is 0 Å². The van der Waals surface area contributed by atoms with Gasteiger partial charge in [-0.25, -0.2) is 0 Å². The summed E-state index contributed by atoms with van der Waals surface area (Å²) in [7, 11) is 2.02. The molecule has 1 aliphatic heterocycles. The number of carbonyl (C=O) groups is 1. The second-order valence-electron chi connectivity index (χ2n) is 5.08. The number of benzene rings is 1. The minimum Gasteiger partial charge on any atom is -0.302 e. The van der Waals surface area contributed by atoms with Crippen molar-refractivity contribution in [3.63, 3.8) is 0 Å². The summed E-state index contributed by atoms with van der Waals surface area (Å²) < 4.78 is 0. The van der Waals surface area contributed by atoms with E-state index in [1.807, 2.05) is 37.4 Å². The Kier molecular flexibility index (Phi) is 4.90. The van der Waals surface area contributed by atoms with Crippen molar-refractivity contribution in [2.75, 3.05) is 39.8 Å². The highest BCUT2D eigenvalue weighted by molar-refractivity contribution is 5.97. The van der Waals surface area contributed by atoms with Crippen LogP contribution in [0.3, 0.4) is 0 Å². The molecule has 1 saturated heterocycles. The molecule has 1 aliphatic rings. The van der Waals surface area contributed by atoms with Gasteiger partial charge < -0.3 is 4.90 Å². The lowest BCUT2D eigenvalue weighted by Crippen LogP contribution is -2.34. The molecule has 0 saturated carbocycles. The van der Waals surface area contributed by atoms with Crippen LogP contribution in [-0.2, 0) is 0 Å². The fraction of sp³-hybridized carbons (Fsp3) is 0.533. The number of likely N-dealkylation sites (N-methyl/N-ethyl adjacent to an activating group) is 1. The van der Waals surface area contributed by atoms with Gasteiger partial charge in [0.15, 0.2) is 5.78 Å². The van der Waals surface area contributed by atoms with E-state index < -0.39 is 0 Å². The molecule has 98 valence electrons. The van der Waals surface area contributed by atoms with Gasteiger partial charge in [0.1, 0.15) is 0 Å². The maximum atomic E-state index is 12.0. The maximum absolute atomic E-state index is 12.0. The maximum Gasteiger partial charge on any atom is 0.176 e. The average molecular weight is 246 g/mol. The van der Waals surface area contributed by atoms with Gasteiger partial charge in [0.05, 0.1) is 6.54 Å². The first kappa shape index (κ1) is 13.2. The van der Waals surface area contributed by atoms with Gasteiger partial charge >= 0.3 is 0 Å². The SMILES string of the molecule is CN(CCN1CCCC1)CC(=O)c1ccccc1. The third kappa shape index (κ3) is 3.93. The normalized spacial score (nSPS) is 16.3. The van der Waals surface area contributed by atoms with Crippen molar-refractivity contribution in [3.8, 4) is 0 Å². The van der Waals surface area contributed by atoms with Gasteiger partial charge in [0, 0.05) is 18.7 Å². The fourth-order valence-corrected chi connectivity index (χ4v) is 2.36. The Balaban J connectivity index is 1.73. The van der Waals surface area contributed by atoms with E-state index in [0.29, 0.717) is 6.54 Å². The van der Waals surface area contributed by atoms with E-state index in [0.717, 1.165) is 18.7 Å². The van der Waals surface area contributed by atoms with Gasteiger partial charge in [-0.2, -0.15) is 0 Å². The Morgan fingerprint density at radius 3 is 2.56 bits per heavy atom. The molecule has 0 amide bonds. The van der Waals surface area contributed by atoms with Crippen LogP contribution in [0, 0.1) is 0 Å². The van der Waals surface area contributed by atoms with Crippen LogP contribution in [0.25, 0.3) is 0 Å². The number of rotatable bonds is 6. The molecule has 0 aliphatic carbocycles. The molecule has 1 aromatic carbocycles.